The minimum absolute atomic E-state index is 0.0523. The summed E-state index contributed by atoms with van der Waals surface area (Å²) >= 11 is 0. The van der Waals surface area contributed by atoms with Gasteiger partial charge in [-0.25, -0.2) is 0 Å². The van der Waals surface area contributed by atoms with Gasteiger partial charge in [-0.05, 0) is 12.8 Å². The van der Waals surface area contributed by atoms with Crippen molar-refractivity contribution in [3.63, 3.8) is 0 Å². The highest BCUT2D eigenvalue weighted by Crippen LogP contribution is 2.29. The number of carbonyl (C=O) groups is 1. The second kappa shape index (κ2) is 8.46. The van der Waals surface area contributed by atoms with Gasteiger partial charge in [0.15, 0.2) is 0 Å². The third kappa shape index (κ3) is 5.87. The lowest BCUT2D eigenvalue weighted by molar-refractivity contribution is -0.172. The van der Waals surface area contributed by atoms with Crippen LogP contribution in [0.3, 0.4) is 0 Å². The number of rotatable bonds is 4. The maximum Gasteiger partial charge on any atom is 0.390 e. The Labute approximate surface area is 138 Å². The number of aliphatic hydroxyl groups excluding tert-OH is 1. The van der Waals surface area contributed by atoms with E-state index in [1.54, 1.807) is 4.90 Å². The molecule has 2 heterocycles. The summed E-state index contributed by atoms with van der Waals surface area (Å²) in [5.74, 6) is -0.380. The van der Waals surface area contributed by atoms with Crippen molar-refractivity contribution in [1.82, 2.24) is 4.90 Å². The molecule has 24 heavy (non-hydrogen) atoms. The van der Waals surface area contributed by atoms with Gasteiger partial charge in [0, 0.05) is 19.1 Å². The topological polar surface area (TPSA) is 68.2 Å². The SMILES string of the molecule is COC(=O)C[C@H]1CC[C@@H]2[C@H](COC[C@@H](O)CN2CCC(F)(F)F)O1. The van der Waals surface area contributed by atoms with Crippen molar-refractivity contribution >= 4 is 5.97 Å². The Balaban J connectivity index is 2.01. The third-order valence-corrected chi connectivity index (χ3v) is 4.39. The Morgan fingerprint density at radius 2 is 2.08 bits per heavy atom. The number of methoxy groups -OCH3 is 1. The van der Waals surface area contributed by atoms with Crippen molar-refractivity contribution in [2.24, 2.45) is 0 Å². The molecule has 0 aromatic rings. The lowest BCUT2D eigenvalue weighted by atomic mass is 9.94. The van der Waals surface area contributed by atoms with Crippen LogP contribution >= 0.6 is 0 Å². The molecule has 0 aromatic carbocycles. The van der Waals surface area contributed by atoms with E-state index in [0.29, 0.717) is 12.8 Å². The molecule has 2 aliphatic heterocycles. The highest BCUT2D eigenvalue weighted by atomic mass is 19.4. The number of β-amino-alcohol motifs (C(OH)–C–C–N with tert-alkyl or cyclic N) is 1. The molecular formula is C15H24F3NO5. The molecule has 0 aromatic heterocycles. The van der Waals surface area contributed by atoms with Gasteiger partial charge >= 0.3 is 12.1 Å². The van der Waals surface area contributed by atoms with Crippen LogP contribution < -0.4 is 0 Å². The fourth-order valence-electron chi connectivity index (χ4n) is 3.24. The zero-order chi connectivity index (χ0) is 17.7. The number of halogens is 3. The zero-order valence-electron chi connectivity index (χ0n) is 13.6. The summed E-state index contributed by atoms with van der Waals surface area (Å²) < 4.78 is 53.6. The van der Waals surface area contributed by atoms with Crippen LogP contribution in [0.25, 0.3) is 0 Å². The molecule has 2 aliphatic rings. The van der Waals surface area contributed by atoms with Gasteiger partial charge in [0.05, 0.1) is 51.5 Å². The molecule has 0 spiro atoms. The molecule has 4 atom stereocenters. The van der Waals surface area contributed by atoms with E-state index in [1.165, 1.54) is 7.11 Å². The van der Waals surface area contributed by atoms with E-state index in [4.69, 9.17) is 9.47 Å². The molecule has 0 unspecified atom stereocenters. The Hall–Kier alpha value is -0.900. The van der Waals surface area contributed by atoms with Crippen molar-refractivity contribution in [1.29, 1.82) is 0 Å². The van der Waals surface area contributed by atoms with Crippen molar-refractivity contribution in [2.45, 2.75) is 56.2 Å². The molecule has 0 amide bonds. The van der Waals surface area contributed by atoms with E-state index in [1.807, 2.05) is 0 Å². The van der Waals surface area contributed by atoms with Gasteiger partial charge in [0.2, 0.25) is 0 Å². The van der Waals surface area contributed by atoms with Crippen molar-refractivity contribution in [3.05, 3.63) is 0 Å². The van der Waals surface area contributed by atoms with Crippen LogP contribution in [0.1, 0.15) is 25.7 Å². The standard InChI is InChI=1S/C15H24F3NO5/c1-22-14(21)6-11-2-3-12-13(24-11)9-23-8-10(20)7-19(12)5-4-15(16,17)18/h10-13,20H,2-9H2,1H3/t10-,11+,12+,13-/m0/s1. The minimum Gasteiger partial charge on any atom is -0.469 e. The number of fused-ring (bicyclic) bond motifs is 1. The number of aliphatic hydroxyl groups is 1. The van der Waals surface area contributed by atoms with Gasteiger partial charge in [-0.3, -0.25) is 9.69 Å². The van der Waals surface area contributed by atoms with E-state index in [2.05, 4.69) is 4.74 Å². The van der Waals surface area contributed by atoms with E-state index in [-0.39, 0.29) is 50.8 Å². The Morgan fingerprint density at radius 3 is 2.75 bits per heavy atom. The molecule has 0 aliphatic carbocycles. The molecule has 2 rings (SSSR count). The quantitative estimate of drug-likeness (QED) is 0.762. The first-order chi connectivity index (χ1) is 11.3. The molecule has 1 N–H and O–H groups in total. The smallest absolute Gasteiger partial charge is 0.390 e. The van der Waals surface area contributed by atoms with Crippen LogP contribution in [0.15, 0.2) is 0 Å². The van der Waals surface area contributed by atoms with Crippen LogP contribution in [-0.2, 0) is 19.0 Å². The van der Waals surface area contributed by atoms with E-state index >= 15 is 0 Å². The van der Waals surface area contributed by atoms with Crippen LogP contribution in [0.5, 0.6) is 0 Å². The largest absolute Gasteiger partial charge is 0.469 e. The first kappa shape index (κ1) is 19.4. The van der Waals surface area contributed by atoms with Gasteiger partial charge in [0.25, 0.3) is 0 Å². The average Bonchev–Trinajstić information content (AvgIpc) is 2.49. The number of alkyl halides is 3. The zero-order valence-corrected chi connectivity index (χ0v) is 13.6. The maximum atomic E-state index is 12.6. The summed E-state index contributed by atoms with van der Waals surface area (Å²) in [4.78, 5) is 13.0. The third-order valence-electron chi connectivity index (χ3n) is 4.39. The molecule has 140 valence electrons. The molecule has 0 radical (unpaired) electrons. The van der Waals surface area contributed by atoms with Gasteiger partial charge in [0.1, 0.15) is 0 Å². The summed E-state index contributed by atoms with van der Waals surface area (Å²) in [6.45, 7) is 0.160. The number of hydrogen-bond acceptors (Lipinski definition) is 6. The number of nitrogens with zero attached hydrogens (tertiary/aromatic N) is 1. The summed E-state index contributed by atoms with van der Waals surface area (Å²) in [6.07, 6.45) is -5.50. The normalized spacial score (nSPS) is 32.5. The van der Waals surface area contributed by atoms with Gasteiger partial charge in [-0.15, -0.1) is 0 Å². The summed E-state index contributed by atoms with van der Waals surface area (Å²) in [7, 11) is 1.30. The number of carbonyl (C=O) groups excluding carboxylic acids is 1. The van der Waals surface area contributed by atoms with Crippen LogP contribution in [0, 0.1) is 0 Å². The fourth-order valence-corrected chi connectivity index (χ4v) is 3.24. The number of esters is 1. The van der Waals surface area contributed by atoms with E-state index in [0.717, 1.165) is 0 Å². The Bertz CT molecular complexity index is 420. The average molecular weight is 355 g/mol. The van der Waals surface area contributed by atoms with Crippen LogP contribution in [0.2, 0.25) is 0 Å². The fraction of sp³-hybridized carbons (Fsp3) is 0.933. The van der Waals surface area contributed by atoms with E-state index < -0.39 is 24.8 Å². The summed E-state index contributed by atoms with van der Waals surface area (Å²) in [6, 6.07) is -0.267. The second-order valence-electron chi connectivity index (χ2n) is 6.27. The Morgan fingerprint density at radius 1 is 1.33 bits per heavy atom. The molecule has 9 heteroatoms. The van der Waals surface area contributed by atoms with Crippen molar-refractivity contribution in [3.8, 4) is 0 Å². The molecule has 2 saturated heterocycles. The highest BCUT2D eigenvalue weighted by molar-refractivity contribution is 5.69. The van der Waals surface area contributed by atoms with Crippen molar-refractivity contribution in [2.75, 3.05) is 33.4 Å². The summed E-state index contributed by atoms with van der Waals surface area (Å²) in [5, 5.41) is 9.86. The van der Waals surface area contributed by atoms with Crippen LogP contribution in [0.4, 0.5) is 13.2 Å². The molecule has 6 nitrogen and oxygen atoms in total. The van der Waals surface area contributed by atoms with Gasteiger partial charge < -0.3 is 19.3 Å². The number of hydrogen-bond donors (Lipinski definition) is 1. The first-order valence-electron chi connectivity index (χ1n) is 8.07. The minimum atomic E-state index is -4.25. The molecular weight excluding hydrogens is 331 g/mol. The Kier molecular flexibility index (Phi) is 6.85. The van der Waals surface area contributed by atoms with Crippen LogP contribution in [-0.4, -0.2) is 79.9 Å². The maximum absolute atomic E-state index is 12.6. The summed E-state index contributed by atoms with van der Waals surface area (Å²) in [5.41, 5.74) is 0. The highest BCUT2D eigenvalue weighted by Gasteiger charge is 2.39. The van der Waals surface area contributed by atoms with Gasteiger partial charge in [-0.2, -0.15) is 13.2 Å². The van der Waals surface area contributed by atoms with E-state index in [9.17, 15) is 23.1 Å². The number of ether oxygens (including phenoxy) is 3. The monoisotopic (exact) mass is 355 g/mol. The molecule has 0 saturated carbocycles. The second-order valence-corrected chi connectivity index (χ2v) is 6.27. The van der Waals surface area contributed by atoms with Gasteiger partial charge in [-0.1, -0.05) is 0 Å². The predicted octanol–water partition coefficient (Wildman–Crippen LogP) is 1.11. The predicted molar refractivity (Wildman–Crippen MR) is 77.4 cm³/mol. The lowest BCUT2D eigenvalue weighted by Crippen LogP contribution is -2.56. The lowest BCUT2D eigenvalue weighted by Gasteiger charge is -2.44. The molecule has 2 fully saturated rings. The first-order valence-corrected chi connectivity index (χ1v) is 8.07. The molecule has 0 bridgehead atoms. The van der Waals surface area contributed by atoms with Crippen molar-refractivity contribution < 1.29 is 37.3 Å².